The Morgan fingerprint density at radius 2 is 1.78 bits per heavy atom. The standard InChI is InChI=1S/C28H31N3O5/c1-18-24(26(32)34-17-19-11-7-6-8-12-19)30-25(35-18)22(29-27(33)36-28(2,3)4)15-20-16-31(5)23-14-10-9-13-21(20)23/h6-14,16,22H,15,17H2,1-5H3,(H,29,33)/t22-/m1/s1. The molecule has 4 rings (SSSR count). The Hall–Kier alpha value is -4.07. The molecule has 2 aromatic heterocycles. The molecule has 8 heteroatoms. The molecule has 36 heavy (non-hydrogen) atoms. The van der Waals surface area contributed by atoms with Crippen LogP contribution in [0.2, 0.25) is 0 Å². The minimum Gasteiger partial charge on any atom is -0.456 e. The molecule has 0 aliphatic carbocycles. The van der Waals surface area contributed by atoms with E-state index in [2.05, 4.69) is 10.3 Å². The summed E-state index contributed by atoms with van der Waals surface area (Å²) in [5.41, 5.74) is 2.34. The number of hydrogen-bond acceptors (Lipinski definition) is 6. The number of esters is 1. The SMILES string of the molecule is Cc1oc([C@@H](Cc2cn(C)c3ccccc23)NC(=O)OC(C)(C)C)nc1C(=O)OCc1ccccc1. The van der Waals surface area contributed by atoms with Gasteiger partial charge in [-0.25, -0.2) is 14.6 Å². The second kappa shape index (κ2) is 10.3. The van der Waals surface area contributed by atoms with Crippen molar-refractivity contribution in [3.8, 4) is 0 Å². The van der Waals surface area contributed by atoms with Crippen LogP contribution >= 0.6 is 0 Å². The summed E-state index contributed by atoms with van der Waals surface area (Å²) in [5.74, 6) is -0.0672. The zero-order valence-electron chi connectivity index (χ0n) is 21.2. The minimum absolute atomic E-state index is 0.0786. The second-order valence-corrected chi connectivity index (χ2v) is 9.70. The van der Waals surface area contributed by atoms with Crippen molar-refractivity contribution in [1.82, 2.24) is 14.9 Å². The molecule has 4 aromatic rings. The van der Waals surface area contributed by atoms with Gasteiger partial charge in [0.15, 0.2) is 5.69 Å². The zero-order chi connectivity index (χ0) is 25.9. The maximum absolute atomic E-state index is 12.8. The van der Waals surface area contributed by atoms with Crippen molar-refractivity contribution < 1.29 is 23.5 Å². The highest BCUT2D eigenvalue weighted by Crippen LogP contribution is 2.27. The molecule has 0 saturated heterocycles. The van der Waals surface area contributed by atoms with Crippen molar-refractivity contribution in [2.24, 2.45) is 7.05 Å². The van der Waals surface area contributed by atoms with Crippen LogP contribution in [0, 0.1) is 6.92 Å². The lowest BCUT2D eigenvalue weighted by Crippen LogP contribution is -2.36. The number of para-hydroxylation sites is 1. The number of nitrogens with zero attached hydrogens (tertiary/aromatic N) is 2. The summed E-state index contributed by atoms with van der Waals surface area (Å²) >= 11 is 0. The fraction of sp³-hybridized carbons (Fsp3) is 0.321. The molecule has 0 spiro atoms. The van der Waals surface area contributed by atoms with Crippen LogP contribution in [0.15, 0.2) is 65.2 Å². The van der Waals surface area contributed by atoms with Crippen molar-refractivity contribution in [1.29, 1.82) is 0 Å². The molecule has 1 amide bonds. The minimum atomic E-state index is -0.674. The van der Waals surface area contributed by atoms with E-state index in [1.54, 1.807) is 27.7 Å². The van der Waals surface area contributed by atoms with Crippen LogP contribution in [0.4, 0.5) is 4.79 Å². The van der Waals surface area contributed by atoms with E-state index >= 15 is 0 Å². The fourth-order valence-electron chi connectivity index (χ4n) is 4.00. The van der Waals surface area contributed by atoms with Gasteiger partial charge in [0.2, 0.25) is 5.89 Å². The molecule has 0 saturated carbocycles. The number of benzene rings is 2. The van der Waals surface area contributed by atoms with Crippen LogP contribution in [-0.2, 0) is 29.5 Å². The Morgan fingerprint density at radius 1 is 1.08 bits per heavy atom. The van der Waals surface area contributed by atoms with Gasteiger partial charge >= 0.3 is 12.1 Å². The lowest BCUT2D eigenvalue weighted by Gasteiger charge is -2.22. The average molecular weight is 490 g/mol. The summed E-state index contributed by atoms with van der Waals surface area (Å²) < 4.78 is 18.8. The summed E-state index contributed by atoms with van der Waals surface area (Å²) in [6.45, 7) is 7.16. The first kappa shape index (κ1) is 25.0. The molecule has 0 fully saturated rings. The van der Waals surface area contributed by atoms with Gasteiger partial charge in [0.25, 0.3) is 0 Å². The summed E-state index contributed by atoms with van der Waals surface area (Å²) in [5, 5.41) is 3.93. The molecular formula is C28H31N3O5. The topological polar surface area (TPSA) is 95.6 Å². The predicted octanol–water partition coefficient (Wildman–Crippen LogP) is 5.64. The van der Waals surface area contributed by atoms with Gasteiger partial charge in [-0.3, -0.25) is 0 Å². The molecule has 188 valence electrons. The van der Waals surface area contributed by atoms with Crippen LogP contribution in [0.1, 0.15) is 60.1 Å². The Bertz CT molecular complexity index is 1370. The Morgan fingerprint density at radius 3 is 2.50 bits per heavy atom. The first-order chi connectivity index (χ1) is 17.1. The van der Waals surface area contributed by atoms with E-state index in [9.17, 15) is 9.59 Å². The van der Waals surface area contributed by atoms with Crippen molar-refractivity contribution in [3.63, 3.8) is 0 Å². The van der Waals surface area contributed by atoms with Gasteiger partial charge in [0.05, 0.1) is 0 Å². The number of alkyl carbamates (subject to hydrolysis) is 1. The highest BCUT2D eigenvalue weighted by atomic mass is 16.6. The Kier molecular flexibility index (Phi) is 7.15. The number of ether oxygens (including phenoxy) is 2. The highest BCUT2D eigenvalue weighted by molar-refractivity contribution is 5.88. The van der Waals surface area contributed by atoms with Gasteiger partial charge in [0.1, 0.15) is 24.0 Å². The first-order valence-corrected chi connectivity index (χ1v) is 11.8. The third-order valence-electron chi connectivity index (χ3n) is 5.61. The second-order valence-electron chi connectivity index (χ2n) is 9.70. The molecule has 0 aliphatic rings. The lowest BCUT2D eigenvalue weighted by atomic mass is 10.0. The largest absolute Gasteiger partial charge is 0.456 e. The number of oxazole rings is 1. The number of amides is 1. The molecule has 0 aliphatic heterocycles. The van der Waals surface area contributed by atoms with E-state index < -0.39 is 23.7 Å². The molecule has 8 nitrogen and oxygen atoms in total. The summed E-state index contributed by atoms with van der Waals surface area (Å²) in [7, 11) is 1.97. The molecule has 1 atom stereocenters. The first-order valence-electron chi connectivity index (χ1n) is 11.8. The molecule has 0 bridgehead atoms. The lowest BCUT2D eigenvalue weighted by molar-refractivity contribution is 0.0463. The maximum atomic E-state index is 12.8. The number of aromatic nitrogens is 2. The monoisotopic (exact) mass is 489 g/mol. The zero-order valence-corrected chi connectivity index (χ0v) is 21.2. The average Bonchev–Trinajstić information content (AvgIpc) is 3.36. The molecule has 2 aromatic carbocycles. The van der Waals surface area contributed by atoms with Gasteiger partial charge in [-0.15, -0.1) is 0 Å². The van der Waals surface area contributed by atoms with Gasteiger partial charge in [0, 0.05) is 30.6 Å². The van der Waals surface area contributed by atoms with Crippen molar-refractivity contribution in [3.05, 3.63) is 89.3 Å². The van der Waals surface area contributed by atoms with E-state index in [1.807, 2.05) is 72.4 Å². The summed E-state index contributed by atoms with van der Waals surface area (Å²) in [4.78, 5) is 29.9. The van der Waals surface area contributed by atoms with Crippen LogP contribution in [0.5, 0.6) is 0 Å². The van der Waals surface area contributed by atoms with Crippen molar-refractivity contribution >= 4 is 23.0 Å². The van der Waals surface area contributed by atoms with E-state index in [1.165, 1.54) is 0 Å². The van der Waals surface area contributed by atoms with E-state index in [0.29, 0.717) is 12.2 Å². The van der Waals surface area contributed by atoms with Crippen molar-refractivity contribution in [2.75, 3.05) is 0 Å². The smallest absolute Gasteiger partial charge is 0.408 e. The molecular weight excluding hydrogens is 458 g/mol. The molecule has 1 N–H and O–H groups in total. The van der Waals surface area contributed by atoms with Crippen LogP contribution in [0.3, 0.4) is 0 Å². The summed E-state index contributed by atoms with van der Waals surface area (Å²) in [6.07, 6.45) is 1.80. The van der Waals surface area contributed by atoms with Gasteiger partial charge in [-0.1, -0.05) is 48.5 Å². The number of carbonyl (C=O) groups is 2. The Balaban J connectivity index is 1.60. The summed E-state index contributed by atoms with van der Waals surface area (Å²) in [6, 6.07) is 16.7. The fourth-order valence-corrected chi connectivity index (χ4v) is 4.00. The highest BCUT2D eigenvalue weighted by Gasteiger charge is 2.28. The van der Waals surface area contributed by atoms with Crippen LogP contribution in [-0.4, -0.2) is 27.2 Å². The maximum Gasteiger partial charge on any atom is 0.408 e. The van der Waals surface area contributed by atoms with Crippen LogP contribution in [0.25, 0.3) is 10.9 Å². The predicted molar refractivity (Wildman–Crippen MR) is 136 cm³/mol. The Labute approximate surface area is 210 Å². The number of fused-ring (bicyclic) bond motifs is 1. The van der Waals surface area contributed by atoms with Crippen LogP contribution < -0.4 is 5.32 Å². The van der Waals surface area contributed by atoms with E-state index in [0.717, 1.165) is 22.0 Å². The van der Waals surface area contributed by atoms with Crippen molar-refractivity contribution in [2.45, 2.75) is 52.4 Å². The van der Waals surface area contributed by atoms with Gasteiger partial charge < -0.3 is 23.8 Å². The van der Waals surface area contributed by atoms with E-state index in [-0.39, 0.29) is 18.2 Å². The number of carbonyl (C=O) groups excluding carboxylic acids is 2. The molecule has 0 unspecified atom stereocenters. The number of nitrogens with one attached hydrogen (secondary N) is 1. The van der Waals surface area contributed by atoms with Gasteiger partial charge in [-0.05, 0) is 44.9 Å². The molecule has 2 heterocycles. The number of aryl methyl sites for hydroxylation is 2. The quantitative estimate of drug-likeness (QED) is 0.338. The molecule has 0 radical (unpaired) electrons. The number of rotatable bonds is 7. The van der Waals surface area contributed by atoms with Gasteiger partial charge in [-0.2, -0.15) is 0 Å². The third-order valence-corrected chi connectivity index (χ3v) is 5.61. The third kappa shape index (κ3) is 5.94. The van der Waals surface area contributed by atoms with E-state index in [4.69, 9.17) is 13.9 Å². The normalized spacial score (nSPS) is 12.4. The number of hydrogen-bond donors (Lipinski definition) is 1.